The number of sulfonamides is 1. The van der Waals surface area contributed by atoms with Gasteiger partial charge in [-0.25, -0.2) is 17.9 Å². The number of hydrogen-bond donors (Lipinski definition) is 2. The highest BCUT2D eigenvalue weighted by Gasteiger charge is 2.46. The lowest BCUT2D eigenvalue weighted by Crippen LogP contribution is -2.50. The number of carboxylic acid groups (broad SMARTS) is 1. The highest BCUT2D eigenvalue weighted by Crippen LogP contribution is 2.31. The van der Waals surface area contributed by atoms with Crippen LogP contribution < -0.4 is 4.72 Å². The van der Waals surface area contributed by atoms with Gasteiger partial charge in [0.05, 0.1) is 4.90 Å². The number of likely N-dealkylation sites (tertiary alicyclic amines) is 1. The molecule has 0 spiro atoms. The highest BCUT2D eigenvalue weighted by molar-refractivity contribution is 7.89. The summed E-state index contributed by atoms with van der Waals surface area (Å²) in [5.41, 5.74) is -1.07. The van der Waals surface area contributed by atoms with Crippen molar-refractivity contribution in [3.8, 4) is 0 Å². The summed E-state index contributed by atoms with van der Waals surface area (Å²) in [6.45, 7) is 1.87. The smallest absolute Gasteiger partial charge is 0.329 e. The van der Waals surface area contributed by atoms with Gasteiger partial charge in [0, 0.05) is 18.2 Å². The lowest BCUT2D eigenvalue weighted by molar-refractivity contribution is -0.147. The van der Waals surface area contributed by atoms with Crippen LogP contribution in [0.2, 0.25) is 0 Å². The molecule has 0 radical (unpaired) electrons. The molecule has 2 N–H and O–H groups in total. The van der Waals surface area contributed by atoms with E-state index in [0.29, 0.717) is 19.4 Å². The SMILES string of the molecule is CC1(C(=O)O)CCCN1C(=O)c1cccc(S(=O)(=O)NC2CC2)c1. The summed E-state index contributed by atoms with van der Waals surface area (Å²) in [4.78, 5) is 25.6. The number of aliphatic carboxylic acids is 1. The molecule has 0 aromatic heterocycles. The van der Waals surface area contributed by atoms with E-state index in [2.05, 4.69) is 4.72 Å². The van der Waals surface area contributed by atoms with Gasteiger partial charge >= 0.3 is 5.97 Å². The number of benzene rings is 1. The quantitative estimate of drug-likeness (QED) is 0.829. The van der Waals surface area contributed by atoms with Crippen LogP contribution in [-0.4, -0.2) is 48.4 Å². The maximum absolute atomic E-state index is 12.7. The van der Waals surface area contributed by atoms with Crippen LogP contribution in [0.5, 0.6) is 0 Å². The summed E-state index contributed by atoms with van der Waals surface area (Å²) in [5.74, 6) is -1.51. The molecule has 7 nitrogen and oxygen atoms in total. The fourth-order valence-electron chi connectivity index (χ4n) is 2.95. The fourth-order valence-corrected chi connectivity index (χ4v) is 4.30. The molecule has 0 bridgehead atoms. The molecular weight excluding hydrogens is 332 g/mol. The summed E-state index contributed by atoms with van der Waals surface area (Å²) in [5, 5.41) is 9.43. The van der Waals surface area contributed by atoms with Crippen LogP contribution in [0.3, 0.4) is 0 Å². The Bertz CT molecular complexity index is 787. The van der Waals surface area contributed by atoms with Crippen LogP contribution >= 0.6 is 0 Å². The Labute approximate surface area is 140 Å². The van der Waals surface area contributed by atoms with Crippen molar-refractivity contribution in [3.63, 3.8) is 0 Å². The van der Waals surface area contributed by atoms with Gasteiger partial charge in [-0.05, 0) is 50.8 Å². The van der Waals surface area contributed by atoms with Crippen LogP contribution in [0.4, 0.5) is 0 Å². The number of nitrogens with zero attached hydrogens (tertiary/aromatic N) is 1. The second-order valence-electron chi connectivity index (χ2n) is 6.56. The van der Waals surface area contributed by atoms with Crippen LogP contribution in [0, 0.1) is 0 Å². The van der Waals surface area contributed by atoms with E-state index in [1.54, 1.807) is 0 Å². The molecule has 1 saturated heterocycles. The third-order valence-electron chi connectivity index (χ3n) is 4.64. The normalized spacial score (nSPS) is 24.1. The molecule has 2 aliphatic rings. The van der Waals surface area contributed by atoms with Gasteiger partial charge in [0.25, 0.3) is 5.91 Å². The number of amides is 1. The molecule has 1 atom stereocenters. The Morgan fingerprint density at radius 2 is 2.04 bits per heavy atom. The van der Waals surface area contributed by atoms with Crippen LogP contribution in [0.15, 0.2) is 29.2 Å². The second kappa shape index (κ2) is 5.86. The molecule has 3 rings (SSSR count). The van der Waals surface area contributed by atoms with Gasteiger partial charge < -0.3 is 10.0 Å². The van der Waals surface area contributed by atoms with E-state index in [-0.39, 0.29) is 16.5 Å². The standard InChI is InChI=1S/C16H20N2O5S/c1-16(15(20)21)8-3-9-18(16)14(19)11-4-2-5-13(10-11)24(22,23)17-12-6-7-12/h2,4-5,10,12,17H,3,6-9H2,1H3,(H,20,21). The van der Waals surface area contributed by atoms with Crippen molar-refractivity contribution in [1.29, 1.82) is 0 Å². The molecule has 2 fully saturated rings. The van der Waals surface area contributed by atoms with Crippen LogP contribution in [-0.2, 0) is 14.8 Å². The minimum absolute atomic E-state index is 0.0245. The first-order valence-electron chi connectivity index (χ1n) is 7.92. The topological polar surface area (TPSA) is 104 Å². The molecule has 130 valence electrons. The first kappa shape index (κ1) is 16.9. The molecule has 1 unspecified atom stereocenters. The van der Waals surface area contributed by atoms with E-state index in [0.717, 1.165) is 12.8 Å². The van der Waals surface area contributed by atoms with Gasteiger partial charge in [0.2, 0.25) is 10.0 Å². The van der Waals surface area contributed by atoms with Crippen molar-refractivity contribution < 1.29 is 23.1 Å². The van der Waals surface area contributed by atoms with Crippen molar-refractivity contribution in [2.45, 2.75) is 49.1 Å². The van der Waals surface area contributed by atoms with Crippen molar-refractivity contribution in [2.75, 3.05) is 6.54 Å². The van der Waals surface area contributed by atoms with Crippen molar-refractivity contribution in [2.24, 2.45) is 0 Å². The predicted molar refractivity (Wildman–Crippen MR) is 86.1 cm³/mol. The van der Waals surface area contributed by atoms with Crippen molar-refractivity contribution in [3.05, 3.63) is 29.8 Å². The van der Waals surface area contributed by atoms with E-state index in [9.17, 15) is 23.1 Å². The zero-order valence-corrected chi connectivity index (χ0v) is 14.2. The summed E-state index contributed by atoms with van der Waals surface area (Å²) in [6.07, 6.45) is 2.64. The maximum atomic E-state index is 12.7. The lowest BCUT2D eigenvalue weighted by Gasteiger charge is -2.31. The van der Waals surface area contributed by atoms with Gasteiger partial charge in [-0.2, -0.15) is 0 Å². The zero-order valence-electron chi connectivity index (χ0n) is 13.4. The molecule has 24 heavy (non-hydrogen) atoms. The molecule has 1 amide bonds. The van der Waals surface area contributed by atoms with E-state index in [4.69, 9.17) is 0 Å². The average molecular weight is 352 g/mol. The minimum atomic E-state index is -3.66. The van der Waals surface area contributed by atoms with Gasteiger partial charge in [0.1, 0.15) is 5.54 Å². The molecule has 8 heteroatoms. The van der Waals surface area contributed by atoms with Gasteiger partial charge in [-0.3, -0.25) is 4.79 Å². The Morgan fingerprint density at radius 1 is 1.33 bits per heavy atom. The average Bonchev–Trinajstić information content (AvgIpc) is 3.24. The third kappa shape index (κ3) is 3.03. The predicted octanol–water partition coefficient (Wildman–Crippen LogP) is 1.21. The number of carbonyl (C=O) groups excluding carboxylic acids is 1. The largest absolute Gasteiger partial charge is 0.480 e. The summed E-state index contributed by atoms with van der Waals surface area (Å²) in [6, 6.07) is 5.74. The lowest BCUT2D eigenvalue weighted by atomic mass is 9.98. The van der Waals surface area contributed by atoms with Crippen molar-refractivity contribution >= 4 is 21.9 Å². The monoisotopic (exact) mass is 352 g/mol. The van der Waals surface area contributed by atoms with E-state index in [1.807, 2.05) is 0 Å². The number of nitrogens with one attached hydrogen (secondary N) is 1. The Kier molecular flexibility index (Phi) is 4.13. The minimum Gasteiger partial charge on any atom is -0.480 e. The molecule has 1 aliphatic carbocycles. The van der Waals surface area contributed by atoms with Crippen LogP contribution in [0.1, 0.15) is 43.0 Å². The summed E-state index contributed by atoms with van der Waals surface area (Å²) in [7, 11) is -3.66. The third-order valence-corrected chi connectivity index (χ3v) is 6.16. The number of hydrogen-bond acceptors (Lipinski definition) is 4. The molecular formula is C16H20N2O5S. The van der Waals surface area contributed by atoms with Gasteiger partial charge in [0.15, 0.2) is 0 Å². The Hall–Kier alpha value is -1.93. The Balaban J connectivity index is 1.88. The molecule has 1 aromatic rings. The molecule has 1 heterocycles. The van der Waals surface area contributed by atoms with Gasteiger partial charge in [-0.15, -0.1) is 0 Å². The zero-order chi connectivity index (χ0) is 17.5. The first-order valence-corrected chi connectivity index (χ1v) is 9.40. The fraction of sp³-hybridized carbons (Fsp3) is 0.500. The molecule has 1 saturated carbocycles. The van der Waals surface area contributed by atoms with Gasteiger partial charge in [-0.1, -0.05) is 6.07 Å². The number of carbonyl (C=O) groups is 2. The number of rotatable bonds is 5. The maximum Gasteiger partial charge on any atom is 0.329 e. The molecule has 1 aliphatic heterocycles. The number of carboxylic acids is 1. The van der Waals surface area contributed by atoms with E-state index in [1.165, 1.54) is 36.1 Å². The van der Waals surface area contributed by atoms with E-state index < -0.39 is 27.4 Å². The summed E-state index contributed by atoms with van der Waals surface area (Å²) >= 11 is 0. The second-order valence-corrected chi connectivity index (χ2v) is 8.28. The van der Waals surface area contributed by atoms with Crippen molar-refractivity contribution in [1.82, 2.24) is 9.62 Å². The first-order chi connectivity index (χ1) is 11.2. The van der Waals surface area contributed by atoms with Crippen LogP contribution in [0.25, 0.3) is 0 Å². The highest BCUT2D eigenvalue weighted by atomic mass is 32.2. The summed E-state index contributed by atoms with van der Waals surface area (Å²) < 4.78 is 27.1. The van der Waals surface area contributed by atoms with E-state index >= 15 is 0 Å². The molecule has 1 aromatic carbocycles. The Morgan fingerprint density at radius 3 is 2.67 bits per heavy atom.